The summed E-state index contributed by atoms with van der Waals surface area (Å²) in [6.07, 6.45) is 1.19. The zero-order valence-electron chi connectivity index (χ0n) is 19.8. The van der Waals surface area contributed by atoms with Gasteiger partial charge in [-0.25, -0.2) is 27.2 Å². The molecule has 1 amide bonds. The SMILES string of the molecule is O=C(Cc1ccc(S(=O)(=O)CCO)cc1)Nc1ncc(-c2ccc(F)cc2)c(C(=O)c2ccc(F)cc2)n1. The molecule has 0 aliphatic rings. The molecule has 4 rings (SSSR count). The molecule has 0 saturated carbocycles. The van der Waals surface area contributed by atoms with Crippen LogP contribution in [-0.2, 0) is 21.1 Å². The minimum Gasteiger partial charge on any atom is -0.395 e. The van der Waals surface area contributed by atoms with Crippen LogP contribution in [0.2, 0.25) is 0 Å². The largest absolute Gasteiger partial charge is 0.395 e. The second-order valence-corrected chi connectivity index (χ2v) is 10.3. The predicted octanol–water partition coefficient (Wildman–Crippen LogP) is 3.60. The molecule has 0 atom stereocenters. The number of anilines is 1. The van der Waals surface area contributed by atoms with Gasteiger partial charge in [-0.15, -0.1) is 0 Å². The number of amides is 1. The lowest BCUT2D eigenvalue weighted by Crippen LogP contribution is -2.18. The number of carbonyl (C=O) groups is 2. The molecule has 0 aliphatic heterocycles. The Hall–Kier alpha value is -4.35. The Labute approximate surface area is 216 Å². The summed E-state index contributed by atoms with van der Waals surface area (Å²) in [4.78, 5) is 34.3. The van der Waals surface area contributed by atoms with E-state index in [0.717, 1.165) is 12.1 Å². The van der Waals surface area contributed by atoms with Crippen molar-refractivity contribution in [2.75, 3.05) is 17.7 Å². The number of carbonyl (C=O) groups excluding carboxylic acids is 2. The van der Waals surface area contributed by atoms with Crippen molar-refractivity contribution in [3.8, 4) is 11.1 Å². The van der Waals surface area contributed by atoms with Gasteiger partial charge in [0, 0.05) is 17.3 Å². The molecule has 4 aromatic rings. The maximum atomic E-state index is 13.4. The molecule has 0 saturated heterocycles. The molecule has 0 aliphatic carbocycles. The summed E-state index contributed by atoms with van der Waals surface area (Å²) in [5.74, 6) is -2.63. The normalized spacial score (nSPS) is 11.2. The van der Waals surface area contributed by atoms with E-state index in [-0.39, 0.29) is 34.1 Å². The van der Waals surface area contributed by atoms with Crippen LogP contribution in [0.3, 0.4) is 0 Å². The van der Waals surface area contributed by atoms with Gasteiger partial charge in [-0.1, -0.05) is 24.3 Å². The lowest BCUT2D eigenvalue weighted by atomic mass is 9.99. The molecular formula is C27H21F2N3O5S. The van der Waals surface area contributed by atoms with Crippen LogP contribution in [0.1, 0.15) is 21.6 Å². The number of aromatic nitrogens is 2. The van der Waals surface area contributed by atoms with E-state index in [1.807, 2.05) is 0 Å². The van der Waals surface area contributed by atoms with Gasteiger partial charge in [0.25, 0.3) is 0 Å². The standard InChI is InChI=1S/C27H21F2N3O5S/c28-20-7-3-18(4-8-20)23-16-30-27(32-25(23)26(35)19-5-9-21(29)10-6-19)31-24(34)15-17-1-11-22(12-2-17)38(36,37)14-13-33/h1-12,16,33H,13-15H2,(H,30,31,32,34). The summed E-state index contributed by atoms with van der Waals surface area (Å²) < 4.78 is 50.9. The van der Waals surface area contributed by atoms with Gasteiger partial charge in [-0.3, -0.25) is 14.9 Å². The van der Waals surface area contributed by atoms with Gasteiger partial charge in [-0.2, -0.15) is 0 Å². The molecule has 1 heterocycles. The second kappa shape index (κ2) is 11.4. The number of aliphatic hydroxyl groups excluding tert-OH is 1. The molecule has 38 heavy (non-hydrogen) atoms. The van der Waals surface area contributed by atoms with Crippen LogP contribution in [-0.4, -0.2) is 47.5 Å². The Morgan fingerprint density at radius 2 is 1.47 bits per heavy atom. The maximum Gasteiger partial charge on any atom is 0.231 e. The monoisotopic (exact) mass is 537 g/mol. The van der Waals surface area contributed by atoms with E-state index in [1.165, 1.54) is 66.9 Å². The number of benzene rings is 3. The van der Waals surface area contributed by atoms with E-state index >= 15 is 0 Å². The van der Waals surface area contributed by atoms with Gasteiger partial charge in [0.2, 0.25) is 17.6 Å². The van der Waals surface area contributed by atoms with Gasteiger partial charge < -0.3 is 5.11 Å². The van der Waals surface area contributed by atoms with Gasteiger partial charge in [0.05, 0.1) is 23.7 Å². The molecule has 2 N–H and O–H groups in total. The van der Waals surface area contributed by atoms with Crippen LogP contribution in [0, 0.1) is 11.6 Å². The van der Waals surface area contributed by atoms with E-state index in [1.54, 1.807) is 0 Å². The third kappa shape index (κ3) is 6.31. The van der Waals surface area contributed by atoms with Crippen LogP contribution in [0.25, 0.3) is 11.1 Å². The number of nitrogens with one attached hydrogen (secondary N) is 1. The molecule has 1 aromatic heterocycles. The number of halogens is 2. The van der Waals surface area contributed by atoms with Crippen molar-refractivity contribution in [1.29, 1.82) is 0 Å². The molecule has 0 bridgehead atoms. The van der Waals surface area contributed by atoms with E-state index in [4.69, 9.17) is 5.11 Å². The van der Waals surface area contributed by atoms with Crippen molar-refractivity contribution in [2.24, 2.45) is 0 Å². The molecule has 11 heteroatoms. The lowest BCUT2D eigenvalue weighted by Gasteiger charge is -2.11. The highest BCUT2D eigenvalue weighted by molar-refractivity contribution is 7.91. The number of aliphatic hydroxyl groups is 1. The first-order valence-electron chi connectivity index (χ1n) is 11.3. The summed E-state index contributed by atoms with van der Waals surface area (Å²) in [6, 6.07) is 15.9. The van der Waals surface area contributed by atoms with Crippen molar-refractivity contribution < 1.29 is 31.9 Å². The predicted molar refractivity (Wildman–Crippen MR) is 135 cm³/mol. The molecule has 0 unspecified atom stereocenters. The van der Waals surface area contributed by atoms with Crippen LogP contribution in [0.15, 0.2) is 83.9 Å². The van der Waals surface area contributed by atoms with Crippen molar-refractivity contribution in [1.82, 2.24) is 9.97 Å². The minimum absolute atomic E-state index is 0.0272. The second-order valence-electron chi connectivity index (χ2n) is 8.21. The van der Waals surface area contributed by atoms with Crippen molar-refractivity contribution in [3.05, 3.63) is 107 Å². The lowest BCUT2D eigenvalue weighted by molar-refractivity contribution is -0.115. The van der Waals surface area contributed by atoms with E-state index in [9.17, 15) is 26.8 Å². The number of hydrogen-bond acceptors (Lipinski definition) is 7. The fourth-order valence-electron chi connectivity index (χ4n) is 3.60. The number of rotatable bonds is 9. The zero-order valence-corrected chi connectivity index (χ0v) is 20.6. The Balaban J connectivity index is 1.58. The number of sulfone groups is 1. The highest BCUT2D eigenvalue weighted by Gasteiger charge is 2.20. The van der Waals surface area contributed by atoms with E-state index in [0.29, 0.717) is 11.1 Å². The highest BCUT2D eigenvalue weighted by atomic mass is 32.2. The summed E-state index contributed by atoms with van der Waals surface area (Å²) in [5.41, 5.74) is 1.34. The summed E-state index contributed by atoms with van der Waals surface area (Å²) in [7, 11) is -3.62. The van der Waals surface area contributed by atoms with E-state index in [2.05, 4.69) is 15.3 Å². The number of hydrogen-bond donors (Lipinski definition) is 2. The van der Waals surface area contributed by atoms with Gasteiger partial charge in [0.1, 0.15) is 17.3 Å². The first kappa shape index (κ1) is 26.7. The van der Waals surface area contributed by atoms with Gasteiger partial charge in [-0.05, 0) is 59.7 Å². The first-order chi connectivity index (χ1) is 18.2. The average Bonchev–Trinajstić information content (AvgIpc) is 2.89. The molecule has 8 nitrogen and oxygen atoms in total. The Morgan fingerprint density at radius 3 is 2.08 bits per heavy atom. The third-order valence-corrected chi connectivity index (χ3v) is 7.23. The topological polar surface area (TPSA) is 126 Å². The minimum atomic E-state index is -3.62. The number of nitrogens with zero attached hydrogens (tertiary/aromatic N) is 2. The van der Waals surface area contributed by atoms with Gasteiger partial charge >= 0.3 is 0 Å². The summed E-state index contributed by atoms with van der Waals surface area (Å²) in [5, 5.41) is 11.4. The Morgan fingerprint density at radius 1 is 0.868 bits per heavy atom. The smallest absolute Gasteiger partial charge is 0.231 e. The highest BCUT2D eigenvalue weighted by Crippen LogP contribution is 2.25. The Kier molecular flexibility index (Phi) is 7.99. The molecule has 0 spiro atoms. The quantitative estimate of drug-likeness (QED) is 0.313. The first-order valence-corrected chi connectivity index (χ1v) is 13.0. The van der Waals surface area contributed by atoms with E-state index < -0.39 is 45.5 Å². The van der Waals surface area contributed by atoms with Crippen LogP contribution < -0.4 is 5.32 Å². The fourth-order valence-corrected chi connectivity index (χ4v) is 4.63. The molecule has 194 valence electrons. The van der Waals surface area contributed by atoms with Gasteiger partial charge in [0.15, 0.2) is 9.84 Å². The van der Waals surface area contributed by atoms with Crippen molar-refractivity contribution >= 4 is 27.5 Å². The Bertz CT molecular complexity index is 1580. The van der Waals surface area contributed by atoms with Crippen molar-refractivity contribution in [3.63, 3.8) is 0 Å². The van der Waals surface area contributed by atoms with Crippen LogP contribution in [0.4, 0.5) is 14.7 Å². The zero-order chi connectivity index (χ0) is 27.3. The molecular weight excluding hydrogens is 516 g/mol. The number of ketones is 1. The average molecular weight is 538 g/mol. The molecule has 3 aromatic carbocycles. The fraction of sp³-hybridized carbons (Fsp3) is 0.111. The summed E-state index contributed by atoms with van der Waals surface area (Å²) in [6.45, 7) is -0.502. The van der Waals surface area contributed by atoms with Crippen LogP contribution in [0.5, 0.6) is 0 Å². The van der Waals surface area contributed by atoms with Crippen molar-refractivity contribution in [2.45, 2.75) is 11.3 Å². The molecule has 0 radical (unpaired) electrons. The summed E-state index contributed by atoms with van der Waals surface area (Å²) >= 11 is 0. The van der Waals surface area contributed by atoms with Crippen LogP contribution >= 0.6 is 0 Å². The maximum absolute atomic E-state index is 13.4. The molecule has 0 fully saturated rings. The third-order valence-electron chi connectivity index (χ3n) is 5.52.